The van der Waals surface area contributed by atoms with Crippen molar-refractivity contribution in [2.45, 2.75) is 57.4 Å². The van der Waals surface area contributed by atoms with Crippen LogP contribution in [0.25, 0.3) is 0 Å². The number of hydrogen-bond donors (Lipinski definition) is 0. The molecule has 4 aliphatic carbocycles. The zero-order valence-corrected chi connectivity index (χ0v) is 13.6. The molecule has 1 amide bonds. The van der Waals surface area contributed by atoms with Gasteiger partial charge < -0.3 is 0 Å². The van der Waals surface area contributed by atoms with Crippen molar-refractivity contribution >= 4 is 12.1 Å². The molecular formula is C20H26NO+. The van der Waals surface area contributed by atoms with Crippen molar-refractivity contribution in [3.63, 3.8) is 0 Å². The van der Waals surface area contributed by atoms with Crippen molar-refractivity contribution in [1.29, 1.82) is 0 Å². The van der Waals surface area contributed by atoms with E-state index in [4.69, 9.17) is 0 Å². The molecule has 2 nitrogen and oxygen atoms in total. The van der Waals surface area contributed by atoms with Gasteiger partial charge in [-0.15, -0.1) is 0 Å². The van der Waals surface area contributed by atoms with Gasteiger partial charge in [0.2, 0.25) is 0 Å². The van der Waals surface area contributed by atoms with Gasteiger partial charge in [0.05, 0.1) is 6.54 Å². The molecule has 2 heteroatoms. The van der Waals surface area contributed by atoms with Crippen molar-refractivity contribution in [3.8, 4) is 0 Å². The van der Waals surface area contributed by atoms with Gasteiger partial charge in [0, 0.05) is 37.3 Å². The molecule has 1 atom stereocenters. The molecule has 4 fully saturated rings. The van der Waals surface area contributed by atoms with E-state index in [0.717, 1.165) is 30.7 Å². The van der Waals surface area contributed by atoms with Crippen molar-refractivity contribution in [3.05, 3.63) is 29.3 Å². The third kappa shape index (κ3) is 1.52. The summed E-state index contributed by atoms with van der Waals surface area (Å²) in [5.74, 6) is 2.70. The van der Waals surface area contributed by atoms with E-state index in [9.17, 15) is 4.79 Å². The molecule has 1 aliphatic heterocycles. The highest BCUT2D eigenvalue weighted by molar-refractivity contribution is 5.76. The number of quaternary nitrogens is 1. The molecule has 0 radical (unpaired) electrons. The van der Waals surface area contributed by atoms with Gasteiger partial charge in [-0.1, -0.05) is 11.6 Å². The minimum Gasteiger partial charge on any atom is -0.233 e. The summed E-state index contributed by atoms with van der Waals surface area (Å²) >= 11 is 0. The van der Waals surface area contributed by atoms with Gasteiger partial charge in [-0.25, -0.2) is 9.28 Å². The van der Waals surface area contributed by atoms with Gasteiger partial charge in [0.25, 0.3) is 0 Å². The standard InChI is InChI=1S/C20H26NO/c1-14-2-3-19-18(6-14)4-5-21(19,13-22)20-10-15-7-16(11-20)9-17(8-15)12-20/h2-3,6,13,15-17H,4-5,7-12H2,1H3/q+1. The van der Waals surface area contributed by atoms with Crippen LogP contribution in [0.5, 0.6) is 0 Å². The fraction of sp³-hybridized carbons (Fsp3) is 0.650. The second kappa shape index (κ2) is 4.23. The Balaban J connectivity index is 1.66. The van der Waals surface area contributed by atoms with Crippen LogP contribution in [-0.4, -0.2) is 18.5 Å². The lowest BCUT2D eigenvalue weighted by Crippen LogP contribution is -2.70. The van der Waals surface area contributed by atoms with Crippen molar-refractivity contribution in [1.82, 2.24) is 4.48 Å². The summed E-state index contributed by atoms with van der Waals surface area (Å²) in [5.41, 5.74) is 4.33. The maximum absolute atomic E-state index is 12.5. The van der Waals surface area contributed by atoms with Crippen molar-refractivity contribution in [2.75, 3.05) is 6.54 Å². The number of rotatable bonds is 2. The van der Waals surface area contributed by atoms with Gasteiger partial charge >= 0.3 is 6.41 Å². The molecule has 4 bridgehead atoms. The first-order valence-corrected chi connectivity index (χ1v) is 9.08. The third-order valence-electron chi connectivity index (χ3n) is 7.43. The fourth-order valence-electron chi connectivity index (χ4n) is 6.99. The fourth-order valence-corrected chi connectivity index (χ4v) is 6.99. The van der Waals surface area contributed by atoms with Crippen LogP contribution in [0.15, 0.2) is 18.2 Å². The Kier molecular flexibility index (Phi) is 2.56. The molecule has 0 spiro atoms. The molecule has 4 saturated carbocycles. The normalized spacial score (nSPS) is 45.0. The largest absolute Gasteiger partial charge is 0.307 e. The van der Waals surface area contributed by atoms with E-state index in [-0.39, 0.29) is 5.54 Å². The zero-order valence-electron chi connectivity index (χ0n) is 13.6. The number of fused-ring (bicyclic) bond motifs is 1. The highest BCUT2D eigenvalue weighted by atomic mass is 16.1. The second-order valence-electron chi connectivity index (χ2n) is 8.72. The van der Waals surface area contributed by atoms with Crippen LogP contribution < -0.4 is 4.48 Å². The average molecular weight is 296 g/mol. The molecule has 1 unspecified atom stereocenters. The number of benzene rings is 1. The molecule has 1 aromatic carbocycles. The number of nitrogens with zero attached hydrogens (tertiary/aromatic N) is 1. The molecule has 6 rings (SSSR count). The summed E-state index contributed by atoms with van der Waals surface area (Å²) in [5, 5.41) is 0. The van der Waals surface area contributed by atoms with E-state index >= 15 is 0 Å². The van der Waals surface area contributed by atoms with Crippen LogP contribution in [0.2, 0.25) is 0 Å². The number of hydrogen-bond acceptors (Lipinski definition) is 1. The Morgan fingerprint density at radius 1 is 1.09 bits per heavy atom. The van der Waals surface area contributed by atoms with Crippen molar-refractivity contribution < 1.29 is 4.79 Å². The highest BCUT2D eigenvalue weighted by Gasteiger charge is 2.63. The summed E-state index contributed by atoms with van der Waals surface area (Å²) < 4.78 is 0.659. The van der Waals surface area contributed by atoms with Crippen LogP contribution in [0.3, 0.4) is 0 Å². The SMILES string of the molecule is Cc1ccc2c(c1)CC[N+]2(C=O)C12CC3CC(CC(C3)C1)C2. The average Bonchev–Trinajstić information content (AvgIpc) is 2.85. The summed E-state index contributed by atoms with van der Waals surface area (Å²) in [6.07, 6.45) is 10.6. The van der Waals surface area contributed by atoms with Gasteiger partial charge in [-0.05, 0) is 50.0 Å². The molecule has 0 N–H and O–H groups in total. The summed E-state index contributed by atoms with van der Waals surface area (Å²) in [7, 11) is 0. The molecule has 1 aromatic rings. The number of carbonyl (C=O) groups is 1. The van der Waals surface area contributed by atoms with E-state index in [1.807, 2.05) is 0 Å². The van der Waals surface area contributed by atoms with Crippen LogP contribution >= 0.6 is 0 Å². The molecular weight excluding hydrogens is 270 g/mol. The van der Waals surface area contributed by atoms with E-state index in [1.54, 1.807) is 0 Å². The maximum Gasteiger partial charge on any atom is 0.307 e. The molecule has 116 valence electrons. The Morgan fingerprint density at radius 3 is 2.32 bits per heavy atom. The predicted molar refractivity (Wildman–Crippen MR) is 88.5 cm³/mol. The van der Waals surface area contributed by atoms with Crippen molar-refractivity contribution in [2.24, 2.45) is 17.8 Å². The zero-order chi connectivity index (χ0) is 14.9. The van der Waals surface area contributed by atoms with E-state index in [0.29, 0.717) is 4.48 Å². The van der Waals surface area contributed by atoms with E-state index in [2.05, 4.69) is 25.1 Å². The minimum atomic E-state index is 0.233. The minimum absolute atomic E-state index is 0.233. The lowest BCUT2D eigenvalue weighted by atomic mass is 9.52. The van der Waals surface area contributed by atoms with Gasteiger partial charge in [0.1, 0.15) is 11.2 Å². The van der Waals surface area contributed by atoms with Crippen LogP contribution in [0.4, 0.5) is 5.69 Å². The molecule has 1 heterocycles. The maximum atomic E-state index is 12.5. The summed E-state index contributed by atoms with van der Waals surface area (Å²) in [4.78, 5) is 12.5. The summed E-state index contributed by atoms with van der Waals surface area (Å²) in [6.45, 7) is 3.17. The smallest absolute Gasteiger partial charge is 0.233 e. The van der Waals surface area contributed by atoms with Crippen LogP contribution in [0, 0.1) is 24.7 Å². The Morgan fingerprint density at radius 2 is 1.73 bits per heavy atom. The monoisotopic (exact) mass is 296 g/mol. The Hall–Kier alpha value is -1.15. The second-order valence-corrected chi connectivity index (χ2v) is 8.72. The summed E-state index contributed by atoms with van der Waals surface area (Å²) in [6, 6.07) is 6.80. The number of carbonyl (C=O) groups excluding carboxylic acids is 1. The quantitative estimate of drug-likeness (QED) is 0.596. The van der Waals surface area contributed by atoms with Gasteiger partial charge in [-0.2, -0.15) is 0 Å². The topological polar surface area (TPSA) is 17.1 Å². The Labute approximate surface area is 133 Å². The van der Waals surface area contributed by atoms with E-state index < -0.39 is 0 Å². The van der Waals surface area contributed by atoms with Gasteiger partial charge in [0.15, 0.2) is 0 Å². The third-order valence-corrected chi connectivity index (χ3v) is 7.43. The predicted octanol–water partition coefficient (Wildman–Crippen LogP) is 3.98. The number of amides is 1. The molecule has 0 aromatic heterocycles. The first-order chi connectivity index (χ1) is 10.6. The molecule has 5 aliphatic rings. The van der Waals surface area contributed by atoms with E-state index in [1.165, 1.54) is 61.7 Å². The Bertz CT molecular complexity index is 614. The number of aryl methyl sites for hydroxylation is 1. The lowest BCUT2D eigenvalue weighted by Gasteiger charge is -2.60. The molecule has 0 saturated heterocycles. The van der Waals surface area contributed by atoms with Crippen LogP contribution in [0.1, 0.15) is 49.7 Å². The first kappa shape index (κ1) is 13.3. The van der Waals surface area contributed by atoms with Crippen LogP contribution in [-0.2, 0) is 11.2 Å². The first-order valence-electron chi connectivity index (χ1n) is 9.08. The van der Waals surface area contributed by atoms with Gasteiger partial charge in [-0.3, -0.25) is 0 Å². The lowest BCUT2D eigenvalue weighted by molar-refractivity contribution is -0.134. The molecule has 22 heavy (non-hydrogen) atoms. The highest BCUT2D eigenvalue weighted by Crippen LogP contribution is 2.61.